The van der Waals surface area contributed by atoms with Gasteiger partial charge in [0, 0.05) is 29.6 Å². The molecule has 1 radical (unpaired) electrons. The maximum absolute atomic E-state index is 11.2. The monoisotopic (exact) mass is 237 g/mol. The molecule has 0 aliphatic heterocycles. The van der Waals surface area contributed by atoms with Crippen LogP contribution in [0.25, 0.3) is 0 Å². The van der Waals surface area contributed by atoms with E-state index in [2.05, 4.69) is 4.18 Å². The molecule has 0 saturated carbocycles. The van der Waals surface area contributed by atoms with Crippen LogP contribution in [0, 0.1) is 0 Å². The minimum Gasteiger partial charge on any atom is -0.341 e. The van der Waals surface area contributed by atoms with Crippen molar-refractivity contribution in [2.75, 3.05) is 5.75 Å². The second-order valence-electron chi connectivity index (χ2n) is 2.58. The predicted molar refractivity (Wildman–Crippen MR) is 57.1 cm³/mol. The third kappa shape index (κ3) is 4.79. The third-order valence-corrected chi connectivity index (χ3v) is 2.68. The summed E-state index contributed by atoms with van der Waals surface area (Å²) < 4.78 is 26.2. The number of carbonyl (C=O) groups is 1. The van der Waals surface area contributed by atoms with Crippen molar-refractivity contribution in [2.24, 2.45) is 0 Å². The number of hydrogen-bond acceptors (Lipinski definition) is 4. The summed E-state index contributed by atoms with van der Waals surface area (Å²) in [6.45, 7) is 1.41. The van der Waals surface area contributed by atoms with Crippen LogP contribution >= 0.6 is 0 Å². The first-order valence-corrected chi connectivity index (χ1v) is 5.64. The Labute approximate surface area is 111 Å². The standard InChI is InChI=1S/C9H10O4S.Na/c1-2-14(11,12)13-9(10)8-6-4-3-5-7-8;/h3-7H,2H2,1H3;. The fourth-order valence-corrected chi connectivity index (χ4v) is 1.24. The SMILES string of the molecule is CCS(=O)(=O)OC(=O)c1ccccc1.[Na]. The first-order chi connectivity index (χ1) is 6.55. The van der Waals surface area contributed by atoms with Crippen molar-refractivity contribution in [3.8, 4) is 0 Å². The van der Waals surface area contributed by atoms with Gasteiger partial charge in [0.2, 0.25) is 0 Å². The van der Waals surface area contributed by atoms with Gasteiger partial charge in [-0.05, 0) is 19.1 Å². The second-order valence-corrected chi connectivity index (χ2v) is 4.44. The molecule has 0 fully saturated rings. The number of hydrogen-bond donors (Lipinski definition) is 0. The zero-order chi connectivity index (χ0) is 10.6. The molecule has 4 nitrogen and oxygen atoms in total. The summed E-state index contributed by atoms with van der Waals surface area (Å²) in [6, 6.07) is 7.98. The van der Waals surface area contributed by atoms with E-state index in [-0.39, 0.29) is 40.9 Å². The maximum Gasteiger partial charge on any atom is 0.353 e. The molecule has 0 spiro atoms. The van der Waals surface area contributed by atoms with Crippen molar-refractivity contribution in [1.29, 1.82) is 0 Å². The largest absolute Gasteiger partial charge is 0.353 e. The zero-order valence-electron chi connectivity index (χ0n) is 8.64. The molecular formula is C9H10NaO4S. The van der Waals surface area contributed by atoms with Crippen molar-refractivity contribution in [2.45, 2.75) is 6.92 Å². The van der Waals surface area contributed by atoms with Gasteiger partial charge in [-0.2, -0.15) is 8.42 Å². The molecule has 0 saturated heterocycles. The van der Waals surface area contributed by atoms with Gasteiger partial charge in [-0.25, -0.2) is 4.79 Å². The molecule has 1 aromatic rings. The average molecular weight is 237 g/mol. The molecule has 1 rings (SSSR count). The Balaban J connectivity index is 0.00000196. The van der Waals surface area contributed by atoms with E-state index in [1.54, 1.807) is 18.2 Å². The van der Waals surface area contributed by atoms with Crippen molar-refractivity contribution < 1.29 is 17.4 Å². The molecule has 0 atom stereocenters. The summed E-state index contributed by atoms with van der Waals surface area (Å²) in [5.74, 6) is -1.06. The topological polar surface area (TPSA) is 60.4 Å². The molecule has 0 aromatic heterocycles. The van der Waals surface area contributed by atoms with Gasteiger partial charge in [-0.3, -0.25) is 0 Å². The van der Waals surface area contributed by atoms with Gasteiger partial charge in [0.05, 0.1) is 11.3 Å². The Bertz CT molecular complexity index is 413. The Morgan fingerprint density at radius 3 is 2.27 bits per heavy atom. The van der Waals surface area contributed by atoms with E-state index in [9.17, 15) is 13.2 Å². The van der Waals surface area contributed by atoms with Crippen molar-refractivity contribution >= 4 is 45.6 Å². The van der Waals surface area contributed by atoms with Gasteiger partial charge in [0.15, 0.2) is 0 Å². The molecule has 77 valence electrons. The van der Waals surface area contributed by atoms with Gasteiger partial charge in [-0.1, -0.05) is 18.2 Å². The van der Waals surface area contributed by atoms with Gasteiger partial charge >= 0.3 is 16.1 Å². The van der Waals surface area contributed by atoms with Crippen LogP contribution in [-0.2, 0) is 14.3 Å². The minimum atomic E-state index is -3.72. The molecular weight excluding hydrogens is 227 g/mol. The molecule has 0 aliphatic carbocycles. The Morgan fingerprint density at radius 1 is 1.27 bits per heavy atom. The van der Waals surface area contributed by atoms with E-state index in [4.69, 9.17) is 0 Å². The number of carbonyl (C=O) groups excluding carboxylic acids is 1. The Hall–Kier alpha value is -0.360. The van der Waals surface area contributed by atoms with E-state index in [1.807, 2.05) is 0 Å². The summed E-state index contributed by atoms with van der Waals surface area (Å²) >= 11 is 0. The fourth-order valence-electron chi connectivity index (χ4n) is 0.797. The molecule has 0 N–H and O–H groups in total. The fraction of sp³-hybridized carbons (Fsp3) is 0.222. The number of benzene rings is 1. The summed E-state index contributed by atoms with van der Waals surface area (Å²) in [6.07, 6.45) is 0. The van der Waals surface area contributed by atoms with Crippen molar-refractivity contribution in [3.63, 3.8) is 0 Å². The van der Waals surface area contributed by atoms with E-state index < -0.39 is 16.1 Å². The zero-order valence-corrected chi connectivity index (χ0v) is 11.5. The van der Waals surface area contributed by atoms with E-state index >= 15 is 0 Å². The third-order valence-electron chi connectivity index (χ3n) is 1.57. The van der Waals surface area contributed by atoms with Crippen LogP contribution < -0.4 is 0 Å². The van der Waals surface area contributed by atoms with Gasteiger partial charge in [0.1, 0.15) is 0 Å². The van der Waals surface area contributed by atoms with Crippen LogP contribution in [-0.4, -0.2) is 49.7 Å². The molecule has 0 amide bonds. The normalized spacial score (nSPS) is 10.2. The van der Waals surface area contributed by atoms with Crippen LogP contribution in [0.4, 0.5) is 0 Å². The molecule has 0 aliphatic rings. The Kier molecular flexibility index (Phi) is 6.12. The molecule has 0 unspecified atom stereocenters. The van der Waals surface area contributed by atoms with Gasteiger partial charge in [-0.15, -0.1) is 0 Å². The molecule has 15 heavy (non-hydrogen) atoms. The predicted octanol–water partition coefficient (Wildman–Crippen LogP) is 0.812. The molecule has 1 aromatic carbocycles. The summed E-state index contributed by atoms with van der Waals surface area (Å²) in [4.78, 5) is 11.2. The molecule has 0 heterocycles. The van der Waals surface area contributed by atoms with Crippen LogP contribution in [0.15, 0.2) is 30.3 Å². The Morgan fingerprint density at radius 2 is 1.80 bits per heavy atom. The molecule has 6 heteroatoms. The quantitative estimate of drug-likeness (QED) is 0.576. The van der Waals surface area contributed by atoms with Crippen LogP contribution in [0.3, 0.4) is 0 Å². The smallest absolute Gasteiger partial charge is 0.341 e. The average Bonchev–Trinajstić information content (AvgIpc) is 2.19. The second kappa shape index (κ2) is 6.27. The first-order valence-electron chi connectivity index (χ1n) is 4.06. The summed E-state index contributed by atoms with van der Waals surface area (Å²) in [5.41, 5.74) is 0.226. The van der Waals surface area contributed by atoms with Crippen LogP contribution in [0.2, 0.25) is 0 Å². The van der Waals surface area contributed by atoms with E-state index in [1.165, 1.54) is 19.1 Å². The van der Waals surface area contributed by atoms with E-state index in [0.717, 1.165) is 0 Å². The maximum atomic E-state index is 11.2. The first kappa shape index (κ1) is 14.6. The van der Waals surface area contributed by atoms with Crippen molar-refractivity contribution in [1.82, 2.24) is 0 Å². The van der Waals surface area contributed by atoms with Gasteiger partial charge < -0.3 is 4.18 Å². The van der Waals surface area contributed by atoms with Gasteiger partial charge in [0.25, 0.3) is 0 Å². The van der Waals surface area contributed by atoms with Crippen LogP contribution in [0.5, 0.6) is 0 Å². The van der Waals surface area contributed by atoms with Crippen LogP contribution in [0.1, 0.15) is 17.3 Å². The van der Waals surface area contributed by atoms with E-state index in [0.29, 0.717) is 0 Å². The number of rotatable bonds is 3. The minimum absolute atomic E-state index is 0. The molecule has 0 bridgehead atoms. The summed E-state index contributed by atoms with van der Waals surface area (Å²) in [5, 5.41) is 0. The summed E-state index contributed by atoms with van der Waals surface area (Å²) in [7, 11) is -3.72. The van der Waals surface area contributed by atoms with Crippen molar-refractivity contribution in [3.05, 3.63) is 35.9 Å².